The van der Waals surface area contributed by atoms with E-state index in [1.165, 1.54) is 0 Å². The molecule has 0 aliphatic carbocycles. The number of hydrogen-bond donors (Lipinski definition) is 2. The van der Waals surface area contributed by atoms with Crippen LogP contribution in [0.3, 0.4) is 0 Å². The largest absolute Gasteiger partial charge is 0.348 e. The molecule has 1 atom stereocenters. The number of sulfonamides is 1. The lowest BCUT2D eigenvalue weighted by Gasteiger charge is -2.35. The zero-order valence-corrected chi connectivity index (χ0v) is 20.7. The second-order valence-electron chi connectivity index (χ2n) is 8.50. The Hall–Kier alpha value is -2.42. The summed E-state index contributed by atoms with van der Waals surface area (Å²) in [7, 11) is -3.67. The molecule has 1 unspecified atom stereocenters. The fourth-order valence-corrected chi connectivity index (χ4v) is 6.79. The summed E-state index contributed by atoms with van der Waals surface area (Å²) >= 11 is 5.89. The summed E-state index contributed by atoms with van der Waals surface area (Å²) < 4.78 is 28.7. The van der Waals surface area contributed by atoms with Crippen molar-refractivity contribution in [1.29, 1.82) is 0 Å². The van der Waals surface area contributed by atoms with Gasteiger partial charge in [-0.05, 0) is 69.4 Å². The van der Waals surface area contributed by atoms with Crippen LogP contribution >= 0.6 is 11.6 Å². The molecule has 0 aromatic heterocycles. The van der Waals surface area contributed by atoms with E-state index in [1.807, 2.05) is 32.9 Å². The van der Waals surface area contributed by atoms with Crippen LogP contribution in [-0.2, 0) is 19.6 Å². The summed E-state index contributed by atoms with van der Waals surface area (Å²) in [4.78, 5) is 24.7. The lowest BCUT2D eigenvalue weighted by Crippen LogP contribution is -2.46. The van der Waals surface area contributed by atoms with Gasteiger partial charge in [0.05, 0.1) is 4.90 Å². The number of hydrogen-bond acceptors (Lipinski definition) is 4. The van der Waals surface area contributed by atoms with Crippen molar-refractivity contribution in [3.05, 3.63) is 58.1 Å². The molecule has 9 heteroatoms. The molecule has 2 N–H and O–H groups in total. The first-order valence-corrected chi connectivity index (χ1v) is 12.9. The number of amides is 2. The van der Waals surface area contributed by atoms with Gasteiger partial charge in [0, 0.05) is 29.8 Å². The van der Waals surface area contributed by atoms with Gasteiger partial charge in [-0.3, -0.25) is 9.59 Å². The molecule has 2 aromatic carbocycles. The van der Waals surface area contributed by atoms with Crippen molar-refractivity contribution in [2.75, 3.05) is 18.4 Å². The summed E-state index contributed by atoms with van der Waals surface area (Å²) in [5.74, 6) is -1.57. The molecule has 0 spiro atoms. The average Bonchev–Trinajstić information content (AvgIpc) is 2.73. The van der Waals surface area contributed by atoms with Gasteiger partial charge in [-0.25, -0.2) is 8.42 Å². The first-order chi connectivity index (χ1) is 15.6. The standard InChI is InChI=1S/C24H30ClN3O4S/c1-16-13-17(2)22(18(3)14-16)33(31,32)28-12-5-4-9-21(28)10-11-26-23(29)24(30)27-20-8-6-7-19(25)15-20/h6-8,13-15,21H,4-5,9-12H2,1-3H3,(H,26,29)(H,27,30). The van der Waals surface area contributed by atoms with Gasteiger partial charge in [-0.1, -0.05) is 41.8 Å². The van der Waals surface area contributed by atoms with Crippen LogP contribution in [-0.4, -0.2) is 43.7 Å². The molecule has 178 valence electrons. The van der Waals surface area contributed by atoms with E-state index in [0.29, 0.717) is 35.0 Å². The Morgan fingerprint density at radius 3 is 2.42 bits per heavy atom. The Balaban J connectivity index is 1.64. The summed E-state index contributed by atoms with van der Waals surface area (Å²) in [6.07, 6.45) is 2.87. The van der Waals surface area contributed by atoms with E-state index in [9.17, 15) is 18.0 Å². The topological polar surface area (TPSA) is 95.6 Å². The monoisotopic (exact) mass is 491 g/mol. The van der Waals surface area contributed by atoms with E-state index < -0.39 is 21.8 Å². The number of halogens is 1. The molecule has 1 heterocycles. The van der Waals surface area contributed by atoms with Gasteiger partial charge >= 0.3 is 11.8 Å². The third-order valence-corrected chi connectivity index (χ3v) is 8.29. The highest BCUT2D eigenvalue weighted by molar-refractivity contribution is 7.89. The zero-order chi connectivity index (χ0) is 24.2. The Kier molecular flexibility index (Phi) is 8.15. The van der Waals surface area contributed by atoms with Gasteiger partial charge in [-0.15, -0.1) is 0 Å². The van der Waals surface area contributed by atoms with E-state index in [2.05, 4.69) is 10.6 Å². The molecule has 0 saturated carbocycles. The first kappa shape index (κ1) is 25.2. The highest BCUT2D eigenvalue weighted by Crippen LogP contribution is 2.31. The number of anilines is 1. The van der Waals surface area contributed by atoms with Gasteiger partial charge in [0.15, 0.2) is 0 Å². The van der Waals surface area contributed by atoms with Crippen molar-refractivity contribution in [3.8, 4) is 0 Å². The lowest BCUT2D eigenvalue weighted by atomic mass is 10.0. The van der Waals surface area contributed by atoms with E-state index in [-0.39, 0.29) is 12.6 Å². The van der Waals surface area contributed by atoms with Crippen molar-refractivity contribution in [1.82, 2.24) is 9.62 Å². The summed E-state index contributed by atoms with van der Waals surface area (Å²) in [6, 6.07) is 10.1. The van der Waals surface area contributed by atoms with Crippen LogP contribution in [0.4, 0.5) is 5.69 Å². The van der Waals surface area contributed by atoms with Gasteiger partial charge in [0.25, 0.3) is 0 Å². The average molecular weight is 492 g/mol. The highest BCUT2D eigenvalue weighted by Gasteiger charge is 2.35. The van der Waals surface area contributed by atoms with Crippen LogP contribution in [0.2, 0.25) is 5.02 Å². The number of benzene rings is 2. The second kappa shape index (κ2) is 10.7. The van der Waals surface area contributed by atoms with E-state index in [1.54, 1.807) is 28.6 Å². The molecule has 2 amide bonds. The number of piperidine rings is 1. The molecule has 1 fully saturated rings. The molecule has 0 bridgehead atoms. The number of carbonyl (C=O) groups is 2. The maximum absolute atomic E-state index is 13.6. The maximum atomic E-state index is 13.6. The van der Waals surface area contributed by atoms with E-state index in [4.69, 9.17) is 11.6 Å². The molecule has 0 radical (unpaired) electrons. The molecule has 3 rings (SSSR count). The SMILES string of the molecule is Cc1cc(C)c(S(=O)(=O)N2CCCCC2CCNC(=O)C(=O)Nc2cccc(Cl)c2)c(C)c1. The summed E-state index contributed by atoms with van der Waals surface area (Å²) in [5.41, 5.74) is 2.93. The smallest absolute Gasteiger partial charge is 0.313 e. The van der Waals surface area contributed by atoms with Gasteiger partial charge in [-0.2, -0.15) is 4.31 Å². The number of nitrogens with one attached hydrogen (secondary N) is 2. The van der Waals surface area contributed by atoms with Crippen LogP contribution in [0.1, 0.15) is 42.4 Å². The normalized spacial score (nSPS) is 16.9. The van der Waals surface area contributed by atoms with Crippen LogP contribution in [0, 0.1) is 20.8 Å². The predicted molar refractivity (Wildman–Crippen MR) is 130 cm³/mol. The quantitative estimate of drug-likeness (QED) is 0.598. The van der Waals surface area contributed by atoms with Crippen molar-refractivity contribution in [2.24, 2.45) is 0 Å². The minimum Gasteiger partial charge on any atom is -0.348 e. The number of aryl methyl sites for hydroxylation is 3. The predicted octanol–water partition coefficient (Wildman–Crippen LogP) is 3.95. The molecular formula is C24H30ClN3O4S. The van der Waals surface area contributed by atoms with Crippen molar-refractivity contribution in [2.45, 2.75) is 57.4 Å². The van der Waals surface area contributed by atoms with Crippen molar-refractivity contribution < 1.29 is 18.0 Å². The van der Waals surface area contributed by atoms with E-state index >= 15 is 0 Å². The molecule has 1 aliphatic heterocycles. The third kappa shape index (κ3) is 6.13. The second-order valence-corrected chi connectivity index (χ2v) is 10.8. The van der Waals surface area contributed by atoms with Gasteiger partial charge < -0.3 is 10.6 Å². The third-order valence-electron chi connectivity index (χ3n) is 5.80. The zero-order valence-electron chi connectivity index (χ0n) is 19.2. The minimum absolute atomic E-state index is 0.199. The van der Waals surface area contributed by atoms with Crippen LogP contribution in [0.15, 0.2) is 41.3 Å². The van der Waals surface area contributed by atoms with Crippen molar-refractivity contribution in [3.63, 3.8) is 0 Å². The van der Waals surface area contributed by atoms with Crippen LogP contribution < -0.4 is 10.6 Å². The number of nitrogens with zero attached hydrogens (tertiary/aromatic N) is 1. The Labute approximate surface area is 200 Å². The Bertz CT molecular complexity index is 1130. The van der Waals surface area contributed by atoms with Gasteiger partial charge in [0.1, 0.15) is 0 Å². The maximum Gasteiger partial charge on any atom is 0.313 e. The Morgan fingerprint density at radius 2 is 1.76 bits per heavy atom. The number of carbonyl (C=O) groups excluding carboxylic acids is 2. The fourth-order valence-electron chi connectivity index (χ4n) is 4.46. The summed E-state index contributed by atoms with van der Waals surface area (Å²) in [5, 5.41) is 5.55. The Morgan fingerprint density at radius 1 is 1.06 bits per heavy atom. The lowest BCUT2D eigenvalue weighted by molar-refractivity contribution is -0.136. The summed E-state index contributed by atoms with van der Waals surface area (Å²) in [6.45, 7) is 6.24. The minimum atomic E-state index is -3.67. The van der Waals surface area contributed by atoms with E-state index in [0.717, 1.165) is 29.5 Å². The molecule has 1 aliphatic rings. The molecule has 2 aromatic rings. The first-order valence-electron chi connectivity index (χ1n) is 11.0. The van der Waals surface area contributed by atoms with Crippen LogP contribution in [0.25, 0.3) is 0 Å². The molecule has 7 nitrogen and oxygen atoms in total. The highest BCUT2D eigenvalue weighted by atomic mass is 35.5. The fraction of sp³-hybridized carbons (Fsp3) is 0.417. The number of rotatable bonds is 6. The molecule has 33 heavy (non-hydrogen) atoms. The van der Waals surface area contributed by atoms with Crippen molar-refractivity contribution >= 4 is 39.1 Å². The molecular weight excluding hydrogens is 462 g/mol. The van der Waals surface area contributed by atoms with Gasteiger partial charge in [0.2, 0.25) is 10.0 Å². The molecule has 1 saturated heterocycles. The van der Waals surface area contributed by atoms with Crippen LogP contribution in [0.5, 0.6) is 0 Å².